The van der Waals surface area contributed by atoms with E-state index in [1.807, 2.05) is 22.9 Å². The topological polar surface area (TPSA) is 34.9 Å². The first-order chi connectivity index (χ1) is 8.78. The van der Waals surface area contributed by atoms with Crippen molar-refractivity contribution in [2.24, 2.45) is 0 Å². The molecule has 0 atom stereocenters. The number of pyridine rings is 1. The van der Waals surface area contributed by atoms with Gasteiger partial charge >= 0.3 is 0 Å². The Kier molecular flexibility index (Phi) is 2.45. The van der Waals surface area contributed by atoms with E-state index in [1.165, 1.54) is 5.56 Å². The summed E-state index contributed by atoms with van der Waals surface area (Å²) in [4.78, 5) is 15.1. The van der Waals surface area contributed by atoms with Crippen LogP contribution in [0.5, 0.6) is 0 Å². The highest BCUT2D eigenvalue weighted by atomic mass is 16.1. The number of carbonyl (C=O) groups is 1. The van der Waals surface area contributed by atoms with Crippen LogP contribution in [0.2, 0.25) is 0 Å². The normalized spacial score (nSPS) is 10.7. The zero-order chi connectivity index (χ0) is 12.5. The highest BCUT2D eigenvalue weighted by Gasteiger charge is 2.05. The number of fused-ring (bicyclic) bond motifs is 1. The zero-order valence-corrected chi connectivity index (χ0v) is 10.00. The van der Waals surface area contributed by atoms with Crippen LogP contribution in [0.25, 0.3) is 16.7 Å². The maximum atomic E-state index is 10.7. The molecule has 2 aromatic heterocycles. The molecule has 0 aliphatic heterocycles. The summed E-state index contributed by atoms with van der Waals surface area (Å²) < 4.78 is 2.02. The summed E-state index contributed by atoms with van der Waals surface area (Å²) in [7, 11) is 0. The monoisotopic (exact) mass is 236 g/mol. The third-order valence-corrected chi connectivity index (χ3v) is 3.00. The average molecular weight is 236 g/mol. The fourth-order valence-corrected chi connectivity index (χ4v) is 2.02. The van der Waals surface area contributed by atoms with Crippen LogP contribution in [0.3, 0.4) is 0 Å². The molecule has 0 aliphatic carbocycles. The van der Waals surface area contributed by atoms with E-state index in [0.717, 1.165) is 23.0 Å². The molecule has 2 heterocycles. The van der Waals surface area contributed by atoms with Crippen molar-refractivity contribution in [3.8, 4) is 5.69 Å². The summed E-state index contributed by atoms with van der Waals surface area (Å²) in [6.45, 7) is 2.06. The van der Waals surface area contributed by atoms with E-state index in [-0.39, 0.29) is 0 Å². The Bertz CT molecular complexity index is 711. The lowest BCUT2D eigenvalue weighted by Crippen LogP contribution is -1.94. The number of carbonyl (C=O) groups excluding carboxylic acids is 1. The standard InChI is InChI=1S/C15H12N2O/c1-11-2-4-14(5-3-11)17-7-6-13-8-12(10-18)9-16-15(13)17/h2-10H,1H3. The van der Waals surface area contributed by atoms with Gasteiger partial charge in [0.15, 0.2) is 6.29 Å². The minimum Gasteiger partial charge on any atom is -0.301 e. The number of aromatic nitrogens is 2. The molecule has 3 rings (SSSR count). The fraction of sp³-hybridized carbons (Fsp3) is 0.0667. The number of hydrogen-bond acceptors (Lipinski definition) is 2. The molecule has 0 amide bonds. The predicted octanol–water partition coefficient (Wildman–Crippen LogP) is 3.15. The number of nitrogens with zero attached hydrogens (tertiary/aromatic N) is 2. The molecule has 3 aromatic rings. The van der Waals surface area contributed by atoms with Gasteiger partial charge in [0.05, 0.1) is 0 Å². The van der Waals surface area contributed by atoms with Gasteiger partial charge in [-0.05, 0) is 31.2 Å². The Labute approximate surface area is 105 Å². The maximum absolute atomic E-state index is 10.7. The van der Waals surface area contributed by atoms with Crippen LogP contribution in [0, 0.1) is 6.92 Å². The molecule has 0 saturated heterocycles. The molecule has 0 radical (unpaired) electrons. The number of aldehydes is 1. The summed E-state index contributed by atoms with van der Waals surface area (Å²) in [6.07, 6.45) is 4.38. The Morgan fingerprint density at radius 3 is 2.67 bits per heavy atom. The quantitative estimate of drug-likeness (QED) is 0.641. The zero-order valence-electron chi connectivity index (χ0n) is 10.00. The molecule has 0 saturated carbocycles. The molecule has 1 aromatic carbocycles. The number of hydrogen-bond donors (Lipinski definition) is 0. The third-order valence-electron chi connectivity index (χ3n) is 3.00. The Morgan fingerprint density at radius 1 is 1.17 bits per heavy atom. The smallest absolute Gasteiger partial charge is 0.151 e. The molecule has 0 spiro atoms. The predicted molar refractivity (Wildman–Crippen MR) is 71.2 cm³/mol. The van der Waals surface area contributed by atoms with E-state index in [9.17, 15) is 4.79 Å². The van der Waals surface area contributed by atoms with Gasteiger partial charge in [-0.25, -0.2) is 4.98 Å². The molecule has 0 aliphatic rings. The summed E-state index contributed by atoms with van der Waals surface area (Å²) in [5.41, 5.74) is 3.77. The molecule has 88 valence electrons. The van der Waals surface area contributed by atoms with Crippen LogP contribution >= 0.6 is 0 Å². The second-order valence-corrected chi connectivity index (χ2v) is 4.32. The van der Waals surface area contributed by atoms with Crippen LogP contribution in [-0.4, -0.2) is 15.8 Å². The van der Waals surface area contributed by atoms with Gasteiger partial charge in [0, 0.05) is 29.0 Å². The van der Waals surface area contributed by atoms with Crippen LogP contribution in [0.4, 0.5) is 0 Å². The first kappa shape index (κ1) is 10.7. The van der Waals surface area contributed by atoms with Gasteiger partial charge in [-0.1, -0.05) is 17.7 Å². The average Bonchev–Trinajstić information content (AvgIpc) is 2.82. The van der Waals surface area contributed by atoms with Crippen molar-refractivity contribution < 1.29 is 4.79 Å². The maximum Gasteiger partial charge on any atom is 0.151 e. The first-order valence-electron chi connectivity index (χ1n) is 5.77. The van der Waals surface area contributed by atoms with Gasteiger partial charge in [0.2, 0.25) is 0 Å². The van der Waals surface area contributed by atoms with Gasteiger partial charge in [-0.3, -0.25) is 4.79 Å². The third kappa shape index (κ3) is 1.70. The highest BCUT2D eigenvalue weighted by molar-refractivity contribution is 5.85. The van der Waals surface area contributed by atoms with Crippen molar-refractivity contribution in [2.75, 3.05) is 0 Å². The van der Waals surface area contributed by atoms with Crippen molar-refractivity contribution in [3.63, 3.8) is 0 Å². The molecular formula is C15H12N2O. The second-order valence-electron chi connectivity index (χ2n) is 4.32. The minimum atomic E-state index is 0.601. The summed E-state index contributed by atoms with van der Waals surface area (Å²) in [6, 6.07) is 12.1. The second kappa shape index (κ2) is 4.11. The van der Waals surface area contributed by atoms with Crippen LogP contribution in [0.1, 0.15) is 15.9 Å². The van der Waals surface area contributed by atoms with E-state index in [1.54, 1.807) is 6.20 Å². The van der Waals surface area contributed by atoms with Crippen molar-refractivity contribution >= 4 is 17.3 Å². The van der Waals surface area contributed by atoms with E-state index >= 15 is 0 Å². The lowest BCUT2D eigenvalue weighted by Gasteiger charge is -2.05. The number of aryl methyl sites for hydroxylation is 1. The van der Waals surface area contributed by atoms with Crippen molar-refractivity contribution in [2.45, 2.75) is 6.92 Å². The van der Waals surface area contributed by atoms with Gasteiger partial charge in [-0.15, -0.1) is 0 Å². The van der Waals surface area contributed by atoms with Crippen LogP contribution < -0.4 is 0 Å². The molecule has 18 heavy (non-hydrogen) atoms. The Morgan fingerprint density at radius 2 is 1.94 bits per heavy atom. The summed E-state index contributed by atoms with van der Waals surface area (Å²) >= 11 is 0. The SMILES string of the molecule is Cc1ccc(-n2ccc3cc(C=O)cnc32)cc1. The molecule has 0 bridgehead atoms. The largest absolute Gasteiger partial charge is 0.301 e. The van der Waals surface area contributed by atoms with Crippen molar-refractivity contribution in [3.05, 3.63) is 59.9 Å². The molecule has 3 heteroatoms. The lowest BCUT2D eigenvalue weighted by molar-refractivity contribution is 0.112. The summed E-state index contributed by atoms with van der Waals surface area (Å²) in [5.74, 6) is 0. The molecule has 0 fully saturated rings. The highest BCUT2D eigenvalue weighted by Crippen LogP contribution is 2.19. The van der Waals surface area contributed by atoms with Crippen molar-refractivity contribution in [1.29, 1.82) is 0 Å². The lowest BCUT2D eigenvalue weighted by atomic mass is 10.2. The van der Waals surface area contributed by atoms with E-state index in [4.69, 9.17) is 0 Å². The fourth-order valence-electron chi connectivity index (χ4n) is 2.02. The van der Waals surface area contributed by atoms with E-state index < -0.39 is 0 Å². The Hall–Kier alpha value is -2.42. The van der Waals surface area contributed by atoms with Crippen LogP contribution in [-0.2, 0) is 0 Å². The van der Waals surface area contributed by atoms with Crippen molar-refractivity contribution in [1.82, 2.24) is 9.55 Å². The molecule has 0 unspecified atom stereocenters. The van der Waals surface area contributed by atoms with E-state index in [0.29, 0.717) is 5.56 Å². The summed E-state index contributed by atoms with van der Waals surface area (Å²) in [5, 5.41) is 0.972. The molecular weight excluding hydrogens is 224 g/mol. The van der Waals surface area contributed by atoms with Gasteiger partial charge < -0.3 is 4.57 Å². The van der Waals surface area contributed by atoms with E-state index in [2.05, 4.69) is 36.2 Å². The number of rotatable bonds is 2. The first-order valence-corrected chi connectivity index (χ1v) is 5.77. The Balaban J connectivity index is 2.18. The van der Waals surface area contributed by atoms with Gasteiger partial charge in [0.1, 0.15) is 5.65 Å². The van der Waals surface area contributed by atoms with Gasteiger partial charge in [0.25, 0.3) is 0 Å². The molecule has 0 N–H and O–H groups in total. The minimum absolute atomic E-state index is 0.601. The van der Waals surface area contributed by atoms with Gasteiger partial charge in [-0.2, -0.15) is 0 Å². The molecule has 3 nitrogen and oxygen atoms in total. The van der Waals surface area contributed by atoms with Crippen LogP contribution in [0.15, 0.2) is 48.8 Å². The number of benzene rings is 1.